The van der Waals surface area contributed by atoms with E-state index < -0.39 is 11.5 Å². The Morgan fingerprint density at radius 2 is 1.88 bits per heavy atom. The Morgan fingerprint density at radius 3 is 2.64 bits per heavy atom. The molecule has 128 valence electrons. The fourth-order valence-electron chi connectivity index (χ4n) is 2.48. The number of fused-ring (bicyclic) bond motifs is 1. The largest absolute Gasteiger partial charge is 0.493 e. The number of hydrogen-bond acceptors (Lipinski definition) is 5. The summed E-state index contributed by atoms with van der Waals surface area (Å²) in [6, 6.07) is 13.7. The van der Waals surface area contributed by atoms with Gasteiger partial charge in [-0.25, -0.2) is 4.79 Å². The van der Waals surface area contributed by atoms with E-state index in [1.165, 1.54) is 13.2 Å². The van der Waals surface area contributed by atoms with Gasteiger partial charge >= 0.3 is 5.63 Å². The van der Waals surface area contributed by atoms with E-state index in [2.05, 4.69) is 5.32 Å². The summed E-state index contributed by atoms with van der Waals surface area (Å²) in [7, 11) is 1.49. The number of methoxy groups -OCH3 is 1. The van der Waals surface area contributed by atoms with Crippen molar-refractivity contribution in [2.75, 3.05) is 19.0 Å². The molecule has 25 heavy (non-hydrogen) atoms. The van der Waals surface area contributed by atoms with Crippen molar-refractivity contribution in [1.29, 1.82) is 0 Å². The summed E-state index contributed by atoms with van der Waals surface area (Å²) in [4.78, 5) is 24.8. The lowest BCUT2D eigenvalue weighted by Gasteiger charge is -2.11. The second-order valence-corrected chi connectivity index (χ2v) is 5.21. The Hall–Kier alpha value is -3.28. The third-order valence-electron chi connectivity index (χ3n) is 3.62. The highest BCUT2D eigenvalue weighted by Crippen LogP contribution is 2.26. The van der Waals surface area contributed by atoms with Crippen molar-refractivity contribution in [3.8, 4) is 11.5 Å². The highest BCUT2D eigenvalue weighted by atomic mass is 16.5. The first-order chi connectivity index (χ1) is 12.1. The lowest BCUT2D eigenvalue weighted by Crippen LogP contribution is -2.21. The lowest BCUT2D eigenvalue weighted by atomic mass is 10.1. The first-order valence-electron chi connectivity index (χ1n) is 7.78. The van der Waals surface area contributed by atoms with E-state index in [1.54, 1.807) is 42.5 Å². The zero-order chi connectivity index (χ0) is 17.8. The second kappa shape index (κ2) is 7.09. The Morgan fingerprint density at radius 1 is 1.12 bits per heavy atom. The van der Waals surface area contributed by atoms with Crippen molar-refractivity contribution in [1.82, 2.24) is 0 Å². The summed E-state index contributed by atoms with van der Waals surface area (Å²) in [5, 5.41) is 3.29. The SMILES string of the molecule is CCOc1ccccc1NC(=O)c1cc2cccc(OC)c2oc1=O. The predicted molar refractivity (Wildman–Crippen MR) is 94.6 cm³/mol. The number of nitrogens with one attached hydrogen (secondary N) is 1. The normalized spacial score (nSPS) is 10.5. The summed E-state index contributed by atoms with van der Waals surface area (Å²) in [6.07, 6.45) is 0. The van der Waals surface area contributed by atoms with Crippen molar-refractivity contribution in [2.45, 2.75) is 6.92 Å². The first kappa shape index (κ1) is 16.6. The standard InChI is InChI=1S/C19H17NO5/c1-3-24-15-9-5-4-8-14(15)20-18(21)13-11-12-7-6-10-16(23-2)17(12)25-19(13)22/h4-11H,3H2,1-2H3,(H,20,21). The summed E-state index contributed by atoms with van der Waals surface area (Å²) in [5.74, 6) is 0.402. The van der Waals surface area contributed by atoms with Gasteiger partial charge in [-0.15, -0.1) is 0 Å². The number of hydrogen-bond donors (Lipinski definition) is 1. The maximum Gasteiger partial charge on any atom is 0.349 e. The van der Waals surface area contributed by atoms with E-state index in [4.69, 9.17) is 13.9 Å². The molecule has 1 N–H and O–H groups in total. The van der Waals surface area contributed by atoms with Gasteiger partial charge in [-0.2, -0.15) is 0 Å². The Bertz CT molecular complexity index is 977. The number of anilines is 1. The molecule has 0 unspecified atom stereocenters. The van der Waals surface area contributed by atoms with Crippen molar-refractivity contribution in [3.63, 3.8) is 0 Å². The van der Waals surface area contributed by atoms with E-state index in [1.807, 2.05) is 6.92 Å². The summed E-state index contributed by atoms with van der Waals surface area (Å²) in [6.45, 7) is 2.31. The topological polar surface area (TPSA) is 77.8 Å². The van der Waals surface area contributed by atoms with E-state index in [9.17, 15) is 9.59 Å². The van der Waals surface area contributed by atoms with Crippen LogP contribution in [-0.4, -0.2) is 19.6 Å². The van der Waals surface area contributed by atoms with Gasteiger partial charge < -0.3 is 19.2 Å². The van der Waals surface area contributed by atoms with Gasteiger partial charge in [0, 0.05) is 5.39 Å². The number of benzene rings is 2. The van der Waals surface area contributed by atoms with Crippen LogP contribution in [0.15, 0.2) is 57.7 Å². The smallest absolute Gasteiger partial charge is 0.349 e. The molecule has 0 atom stereocenters. The third-order valence-corrected chi connectivity index (χ3v) is 3.62. The average Bonchev–Trinajstić information content (AvgIpc) is 2.62. The van der Waals surface area contributed by atoms with Crippen LogP contribution in [0.2, 0.25) is 0 Å². The molecule has 0 bridgehead atoms. The number of carbonyl (C=O) groups is 1. The molecule has 6 heteroatoms. The average molecular weight is 339 g/mol. The van der Waals surface area contributed by atoms with Crippen LogP contribution in [0.1, 0.15) is 17.3 Å². The van der Waals surface area contributed by atoms with E-state index in [0.717, 1.165) is 0 Å². The van der Waals surface area contributed by atoms with Crippen LogP contribution in [0.3, 0.4) is 0 Å². The highest BCUT2D eigenvalue weighted by Gasteiger charge is 2.17. The van der Waals surface area contributed by atoms with E-state index in [-0.39, 0.29) is 5.56 Å². The number of ether oxygens (including phenoxy) is 2. The molecular weight excluding hydrogens is 322 g/mol. The third kappa shape index (κ3) is 3.33. The minimum Gasteiger partial charge on any atom is -0.493 e. The van der Waals surface area contributed by atoms with Crippen LogP contribution in [-0.2, 0) is 0 Å². The second-order valence-electron chi connectivity index (χ2n) is 5.21. The molecule has 1 aromatic heterocycles. The number of amides is 1. The van der Waals surface area contributed by atoms with Crippen molar-refractivity contribution >= 4 is 22.6 Å². The Balaban J connectivity index is 1.98. The van der Waals surface area contributed by atoms with Gasteiger partial charge in [0.25, 0.3) is 5.91 Å². The molecule has 0 spiro atoms. The van der Waals surface area contributed by atoms with E-state index in [0.29, 0.717) is 34.8 Å². The quantitative estimate of drug-likeness (QED) is 0.720. The Kier molecular flexibility index (Phi) is 4.70. The predicted octanol–water partition coefficient (Wildman–Crippen LogP) is 3.45. The molecule has 0 fully saturated rings. The molecule has 0 saturated carbocycles. The van der Waals surface area contributed by atoms with Crippen LogP contribution in [0.4, 0.5) is 5.69 Å². The fourth-order valence-corrected chi connectivity index (χ4v) is 2.48. The Labute approximate surface area is 144 Å². The summed E-state index contributed by atoms with van der Waals surface area (Å²) in [5.41, 5.74) is -0.0313. The van der Waals surface area contributed by atoms with Crippen molar-refractivity contribution in [3.05, 3.63) is 64.5 Å². The summed E-state index contributed by atoms with van der Waals surface area (Å²) >= 11 is 0. The zero-order valence-corrected chi connectivity index (χ0v) is 13.9. The minimum atomic E-state index is -0.733. The van der Waals surface area contributed by atoms with Crippen LogP contribution in [0.5, 0.6) is 11.5 Å². The lowest BCUT2D eigenvalue weighted by molar-refractivity contribution is 0.102. The van der Waals surface area contributed by atoms with Crippen LogP contribution in [0, 0.1) is 0 Å². The monoisotopic (exact) mass is 339 g/mol. The fraction of sp³-hybridized carbons (Fsp3) is 0.158. The molecule has 3 aromatic rings. The van der Waals surface area contributed by atoms with Gasteiger partial charge in [-0.3, -0.25) is 4.79 Å². The molecule has 6 nitrogen and oxygen atoms in total. The molecule has 0 aliphatic heterocycles. The van der Waals surface area contributed by atoms with E-state index >= 15 is 0 Å². The van der Waals surface area contributed by atoms with Gasteiger partial charge in [0.05, 0.1) is 19.4 Å². The van der Waals surface area contributed by atoms with Crippen LogP contribution in [0.25, 0.3) is 11.0 Å². The molecule has 1 heterocycles. The molecule has 0 aliphatic rings. The van der Waals surface area contributed by atoms with Crippen molar-refractivity contribution in [2.24, 2.45) is 0 Å². The molecule has 0 radical (unpaired) electrons. The first-order valence-corrected chi connectivity index (χ1v) is 7.78. The van der Waals surface area contributed by atoms with Gasteiger partial charge in [0.2, 0.25) is 0 Å². The maximum absolute atomic E-state index is 12.5. The minimum absolute atomic E-state index is 0.0907. The molecular formula is C19H17NO5. The van der Waals surface area contributed by atoms with Gasteiger partial charge in [-0.05, 0) is 31.2 Å². The van der Waals surface area contributed by atoms with Gasteiger partial charge in [0.15, 0.2) is 11.3 Å². The van der Waals surface area contributed by atoms with Gasteiger partial charge in [-0.1, -0.05) is 24.3 Å². The van der Waals surface area contributed by atoms with Crippen molar-refractivity contribution < 1.29 is 18.7 Å². The molecule has 2 aromatic carbocycles. The van der Waals surface area contributed by atoms with Crippen LogP contribution >= 0.6 is 0 Å². The van der Waals surface area contributed by atoms with Crippen LogP contribution < -0.4 is 20.4 Å². The molecule has 0 saturated heterocycles. The molecule has 1 amide bonds. The molecule has 3 rings (SSSR count). The number of rotatable bonds is 5. The maximum atomic E-state index is 12.5. The zero-order valence-electron chi connectivity index (χ0n) is 13.9. The van der Waals surface area contributed by atoms with Gasteiger partial charge in [0.1, 0.15) is 11.3 Å². The molecule has 0 aliphatic carbocycles. The highest BCUT2D eigenvalue weighted by molar-refractivity contribution is 6.06. The number of para-hydroxylation sites is 3. The number of carbonyl (C=O) groups excluding carboxylic acids is 1. The summed E-state index contributed by atoms with van der Waals surface area (Å²) < 4.78 is 15.9.